The number of nitrogens with zero attached hydrogens (tertiary/aromatic N) is 1. The van der Waals surface area contributed by atoms with Gasteiger partial charge in [0, 0.05) is 12.7 Å². The van der Waals surface area contributed by atoms with Gasteiger partial charge in [0.2, 0.25) is 0 Å². The van der Waals surface area contributed by atoms with Crippen LogP contribution in [0.3, 0.4) is 0 Å². The maximum Gasteiger partial charge on any atom is 0.0587 e. The van der Waals surface area contributed by atoms with E-state index in [0.717, 1.165) is 6.42 Å². The maximum atomic E-state index is 8.73. The second-order valence-corrected chi connectivity index (χ2v) is 2.18. The van der Waals surface area contributed by atoms with Crippen LogP contribution in [0.25, 0.3) is 0 Å². The summed E-state index contributed by atoms with van der Waals surface area (Å²) < 4.78 is 0. The summed E-state index contributed by atoms with van der Waals surface area (Å²) in [5, 5.41) is 8.73. The number of nitrogens with two attached hydrogens (primary N) is 1. The normalized spacial score (nSPS) is 14.3. The monoisotopic (exact) mass is 132 g/mol. The molecule has 3 N–H and O–H groups in total. The van der Waals surface area contributed by atoms with E-state index in [2.05, 4.69) is 0 Å². The van der Waals surface area contributed by atoms with Gasteiger partial charge in [0.1, 0.15) is 0 Å². The molecule has 0 aliphatic heterocycles. The summed E-state index contributed by atoms with van der Waals surface area (Å²) in [6.07, 6.45) is 0.949. The minimum Gasteiger partial charge on any atom is -0.395 e. The Morgan fingerprint density at radius 2 is 2.22 bits per heavy atom. The second-order valence-electron chi connectivity index (χ2n) is 2.18. The molecule has 0 fully saturated rings. The third kappa shape index (κ3) is 2.79. The van der Waals surface area contributed by atoms with E-state index in [0.29, 0.717) is 6.67 Å². The lowest BCUT2D eigenvalue weighted by Crippen LogP contribution is -2.38. The Balaban J connectivity index is 3.50. The number of aliphatic hydroxyl groups is 1. The van der Waals surface area contributed by atoms with Crippen molar-refractivity contribution >= 4 is 0 Å². The Morgan fingerprint density at radius 3 is 2.33 bits per heavy atom. The molecule has 0 saturated carbocycles. The Morgan fingerprint density at radius 1 is 1.67 bits per heavy atom. The number of rotatable bonds is 4. The van der Waals surface area contributed by atoms with Gasteiger partial charge >= 0.3 is 0 Å². The summed E-state index contributed by atoms with van der Waals surface area (Å²) in [6.45, 7) is 2.75. The minimum absolute atomic E-state index is 0.199. The first-order valence-corrected chi connectivity index (χ1v) is 3.27. The number of aliphatic hydroxyl groups excluding tert-OH is 1. The van der Waals surface area contributed by atoms with Crippen LogP contribution in [0.2, 0.25) is 0 Å². The summed E-state index contributed by atoms with van der Waals surface area (Å²) in [5.41, 5.74) is 5.34. The first-order valence-electron chi connectivity index (χ1n) is 3.27. The van der Waals surface area contributed by atoms with Crippen molar-refractivity contribution in [3.63, 3.8) is 0 Å². The molecule has 0 aromatic heterocycles. The maximum absolute atomic E-state index is 8.73. The van der Waals surface area contributed by atoms with Gasteiger partial charge in [0.15, 0.2) is 0 Å². The molecule has 0 aromatic carbocycles. The van der Waals surface area contributed by atoms with Crippen LogP contribution in [0.15, 0.2) is 0 Å². The molecule has 0 aliphatic rings. The molecule has 3 heteroatoms. The number of hydrogen-bond donors (Lipinski definition) is 2. The van der Waals surface area contributed by atoms with Crippen molar-refractivity contribution in [2.24, 2.45) is 5.73 Å². The van der Waals surface area contributed by atoms with Crippen LogP contribution < -0.4 is 5.73 Å². The molecule has 1 unspecified atom stereocenters. The topological polar surface area (TPSA) is 49.5 Å². The van der Waals surface area contributed by atoms with Gasteiger partial charge in [-0.1, -0.05) is 6.92 Å². The van der Waals surface area contributed by atoms with E-state index in [4.69, 9.17) is 10.8 Å². The Hall–Kier alpha value is -0.120. The molecule has 0 heterocycles. The van der Waals surface area contributed by atoms with Crippen LogP contribution in [0.5, 0.6) is 0 Å². The molecular weight excluding hydrogens is 116 g/mol. The SMILES string of the molecule is CCC(CO)N(C)CN. The molecular formula is C6H16N2O. The molecule has 0 aromatic rings. The third-order valence-electron chi connectivity index (χ3n) is 1.59. The Labute approximate surface area is 56.5 Å². The molecule has 0 bridgehead atoms. The molecule has 0 radical (unpaired) electrons. The zero-order valence-electron chi connectivity index (χ0n) is 6.17. The van der Waals surface area contributed by atoms with Crippen molar-refractivity contribution in [1.29, 1.82) is 0 Å². The molecule has 0 rings (SSSR count). The predicted molar refractivity (Wildman–Crippen MR) is 38.0 cm³/mol. The fourth-order valence-electron chi connectivity index (χ4n) is 0.729. The molecule has 0 saturated heterocycles. The van der Waals surface area contributed by atoms with E-state index in [-0.39, 0.29) is 12.6 Å². The molecule has 0 amide bonds. The summed E-state index contributed by atoms with van der Waals surface area (Å²) in [5.74, 6) is 0. The Bertz CT molecular complexity index is 64.1. The van der Waals surface area contributed by atoms with Crippen LogP contribution in [0.1, 0.15) is 13.3 Å². The van der Waals surface area contributed by atoms with Crippen molar-refractivity contribution in [1.82, 2.24) is 4.90 Å². The van der Waals surface area contributed by atoms with Crippen LogP contribution >= 0.6 is 0 Å². The number of hydrogen-bond acceptors (Lipinski definition) is 3. The summed E-state index contributed by atoms with van der Waals surface area (Å²) in [6, 6.07) is 0.231. The van der Waals surface area contributed by atoms with Gasteiger partial charge in [-0.25, -0.2) is 0 Å². The fraction of sp³-hybridized carbons (Fsp3) is 1.00. The zero-order valence-corrected chi connectivity index (χ0v) is 6.17. The lowest BCUT2D eigenvalue weighted by atomic mass is 10.2. The van der Waals surface area contributed by atoms with E-state index in [1.807, 2.05) is 18.9 Å². The highest BCUT2D eigenvalue weighted by Gasteiger charge is 2.07. The molecule has 0 aliphatic carbocycles. The zero-order chi connectivity index (χ0) is 7.28. The van der Waals surface area contributed by atoms with Gasteiger partial charge in [0.05, 0.1) is 6.61 Å². The van der Waals surface area contributed by atoms with Gasteiger partial charge in [-0.2, -0.15) is 0 Å². The van der Waals surface area contributed by atoms with Crippen LogP contribution in [-0.4, -0.2) is 36.4 Å². The minimum atomic E-state index is 0.199. The van der Waals surface area contributed by atoms with E-state index in [9.17, 15) is 0 Å². The standard InChI is InChI=1S/C6H16N2O/c1-3-6(4-9)8(2)5-7/h6,9H,3-5,7H2,1-2H3. The summed E-state index contributed by atoms with van der Waals surface area (Å²) in [4.78, 5) is 1.93. The van der Waals surface area contributed by atoms with E-state index in [1.54, 1.807) is 0 Å². The van der Waals surface area contributed by atoms with E-state index in [1.165, 1.54) is 0 Å². The molecule has 9 heavy (non-hydrogen) atoms. The fourth-order valence-corrected chi connectivity index (χ4v) is 0.729. The summed E-state index contributed by atoms with van der Waals surface area (Å²) >= 11 is 0. The van der Waals surface area contributed by atoms with Gasteiger partial charge in [0.25, 0.3) is 0 Å². The highest BCUT2D eigenvalue weighted by molar-refractivity contribution is 4.62. The summed E-state index contributed by atoms with van der Waals surface area (Å²) in [7, 11) is 1.91. The van der Waals surface area contributed by atoms with Gasteiger partial charge in [-0.15, -0.1) is 0 Å². The smallest absolute Gasteiger partial charge is 0.0587 e. The molecule has 56 valence electrons. The van der Waals surface area contributed by atoms with Crippen molar-refractivity contribution in [2.45, 2.75) is 19.4 Å². The predicted octanol–water partition coefficient (Wildman–Crippen LogP) is -0.395. The van der Waals surface area contributed by atoms with Crippen molar-refractivity contribution in [3.8, 4) is 0 Å². The lowest BCUT2D eigenvalue weighted by molar-refractivity contribution is 0.146. The molecule has 1 atom stereocenters. The first-order chi connectivity index (χ1) is 4.26. The van der Waals surface area contributed by atoms with E-state index >= 15 is 0 Å². The molecule has 0 spiro atoms. The first kappa shape index (κ1) is 8.88. The highest BCUT2D eigenvalue weighted by Crippen LogP contribution is 1.96. The van der Waals surface area contributed by atoms with Crippen molar-refractivity contribution < 1.29 is 5.11 Å². The van der Waals surface area contributed by atoms with E-state index < -0.39 is 0 Å². The van der Waals surface area contributed by atoms with Gasteiger partial charge in [-0.05, 0) is 13.5 Å². The van der Waals surface area contributed by atoms with Crippen LogP contribution in [-0.2, 0) is 0 Å². The van der Waals surface area contributed by atoms with Crippen LogP contribution in [0, 0.1) is 0 Å². The van der Waals surface area contributed by atoms with Gasteiger partial charge in [-0.3, -0.25) is 4.90 Å². The van der Waals surface area contributed by atoms with Crippen LogP contribution in [0.4, 0.5) is 0 Å². The molecule has 3 nitrogen and oxygen atoms in total. The average molecular weight is 132 g/mol. The average Bonchev–Trinajstić information content (AvgIpc) is 1.90. The second kappa shape index (κ2) is 4.73. The lowest BCUT2D eigenvalue weighted by Gasteiger charge is -2.22. The third-order valence-corrected chi connectivity index (χ3v) is 1.59. The van der Waals surface area contributed by atoms with Crippen molar-refractivity contribution in [2.75, 3.05) is 20.3 Å². The highest BCUT2D eigenvalue weighted by atomic mass is 16.3. The quantitative estimate of drug-likeness (QED) is 0.512. The van der Waals surface area contributed by atoms with Gasteiger partial charge < -0.3 is 10.8 Å². The van der Waals surface area contributed by atoms with Crippen molar-refractivity contribution in [3.05, 3.63) is 0 Å². The number of likely N-dealkylation sites (N-methyl/N-ethyl adjacent to an activating group) is 1. The largest absolute Gasteiger partial charge is 0.395 e. The Kier molecular flexibility index (Phi) is 4.67.